The molecule has 0 aromatic rings. The molecule has 1 heterocycles. The SMILES string of the molecule is CC(C)(C)OC(=O)[C@H](CNC(=O)[C@@H]1CCCN1C(=O)OC(C)(C)C)CC1(C(=O)O)CCCC1. The number of carboxylic acids is 1. The van der Waals surface area contributed by atoms with Crippen LogP contribution in [0, 0.1) is 11.3 Å². The van der Waals surface area contributed by atoms with Gasteiger partial charge in [-0.25, -0.2) is 4.79 Å². The van der Waals surface area contributed by atoms with Crippen molar-refractivity contribution in [1.82, 2.24) is 10.2 Å². The van der Waals surface area contributed by atoms with Gasteiger partial charge in [0.15, 0.2) is 0 Å². The Bertz CT molecular complexity index is 745. The zero-order chi connectivity index (χ0) is 25.0. The first-order valence-corrected chi connectivity index (χ1v) is 11.9. The molecule has 9 heteroatoms. The summed E-state index contributed by atoms with van der Waals surface area (Å²) in [5.41, 5.74) is -2.39. The third kappa shape index (κ3) is 7.61. The summed E-state index contributed by atoms with van der Waals surface area (Å²) in [4.78, 5) is 51.9. The lowest BCUT2D eigenvalue weighted by Gasteiger charge is -2.31. The van der Waals surface area contributed by atoms with Crippen molar-refractivity contribution >= 4 is 23.9 Å². The molecule has 1 aliphatic heterocycles. The topological polar surface area (TPSA) is 122 Å². The Kier molecular flexibility index (Phi) is 8.41. The monoisotopic (exact) mass is 468 g/mol. The van der Waals surface area contributed by atoms with Crippen molar-refractivity contribution in [2.24, 2.45) is 11.3 Å². The number of ether oxygens (including phenoxy) is 2. The van der Waals surface area contributed by atoms with E-state index < -0.39 is 46.6 Å². The highest BCUT2D eigenvalue weighted by Crippen LogP contribution is 2.43. The quantitative estimate of drug-likeness (QED) is 0.548. The van der Waals surface area contributed by atoms with Crippen LogP contribution in [0.2, 0.25) is 0 Å². The van der Waals surface area contributed by atoms with E-state index in [9.17, 15) is 24.3 Å². The molecule has 9 nitrogen and oxygen atoms in total. The van der Waals surface area contributed by atoms with E-state index in [4.69, 9.17) is 9.47 Å². The van der Waals surface area contributed by atoms with Crippen molar-refractivity contribution in [1.29, 1.82) is 0 Å². The van der Waals surface area contributed by atoms with Crippen LogP contribution in [-0.2, 0) is 23.9 Å². The number of hydrogen-bond acceptors (Lipinski definition) is 6. The first kappa shape index (κ1) is 26.9. The molecule has 0 unspecified atom stereocenters. The summed E-state index contributed by atoms with van der Waals surface area (Å²) in [5.74, 6) is -2.60. The maximum Gasteiger partial charge on any atom is 0.410 e. The van der Waals surface area contributed by atoms with Crippen LogP contribution in [0.25, 0.3) is 0 Å². The number of nitrogens with one attached hydrogen (secondary N) is 1. The fraction of sp³-hybridized carbons (Fsp3) is 0.833. The molecule has 2 fully saturated rings. The minimum Gasteiger partial charge on any atom is -0.481 e. The Morgan fingerprint density at radius 3 is 2.09 bits per heavy atom. The summed E-state index contributed by atoms with van der Waals surface area (Å²) >= 11 is 0. The van der Waals surface area contributed by atoms with Gasteiger partial charge in [-0.15, -0.1) is 0 Å². The molecular weight excluding hydrogens is 428 g/mol. The highest BCUT2D eigenvalue weighted by Gasteiger charge is 2.45. The zero-order valence-corrected chi connectivity index (χ0v) is 20.9. The summed E-state index contributed by atoms with van der Waals surface area (Å²) in [6.07, 6.45) is 3.35. The van der Waals surface area contributed by atoms with Crippen molar-refractivity contribution < 1.29 is 33.8 Å². The van der Waals surface area contributed by atoms with Crippen molar-refractivity contribution in [3.8, 4) is 0 Å². The molecule has 33 heavy (non-hydrogen) atoms. The van der Waals surface area contributed by atoms with E-state index in [-0.39, 0.29) is 18.9 Å². The van der Waals surface area contributed by atoms with Gasteiger partial charge in [-0.3, -0.25) is 19.3 Å². The van der Waals surface area contributed by atoms with Crippen LogP contribution >= 0.6 is 0 Å². The zero-order valence-electron chi connectivity index (χ0n) is 20.9. The highest BCUT2D eigenvalue weighted by molar-refractivity contribution is 5.87. The van der Waals surface area contributed by atoms with E-state index in [2.05, 4.69) is 5.32 Å². The van der Waals surface area contributed by atoms with Gasteiger partial charge in [0.1, 0.15) is 17.2 Å². The molecule has 188 valence electrons. The van der Waals surface area contributed by atoms with E-state index in [1.54, 1.807) is 41.5 Å². The van der Waals surface area contributed by atoms with E-state index in [0.29, 0.717) is 32.2 Å². The van der Waals surface area contributed by atoms with E-state index in [1.165, 1.54) is 4.90 Å². The molecule has 0 aromatic heterocycles. The van der Waals surface area contributed by atoms with Gasteiger partial charge in [-0.1, -0.05) is 12.8 Å². The van der Waals surface area contributed by atoms with E-state index in [1.807, 2.05) is 0 Å². The van der Waals surface area contributed by atoms with Crippen LogP contribution < -0.4 is 5.32 Å². The molecule has 0 spiro atoms. The van der Waals surface area contributed by atoms with Gasteiger partial charge in [-0.05, 0) is 73.6 Å². The molecule has 2 atom stereocenters. The lowest BCUT2D eigenvalue weighted by molar-refractivity contribution is -0.163. The average Bonchev–Trinajstić information content (AvgIpc) is 3.32. The number of hydrogen-bond donors (Lipinski definition) is 2. The third-order valence-corrected chi connectivity index (χ3v) is 6.10. The number of amides is 2. The van der Waals surface area contributed by atoms with Gasteiger partial charge >= 0.3 is 18.0 Å². The predicted molar refractivity (Wildman–Crippen MR) is 121 cm³/mol. The molecule has 2 N–H and O–H groups in total. The number of rotatable bonds is 7. The maximum absolute atomic E-state index is 13.0. The predicted octanol–water partition coefficient (Wildman–Crippen LogP) is 3.50. The van der Waals surface area contributed by atoms with Crippen molar-refractivity contribution in [3.05, 3.63) is 0 Å². The molecule has 1 aliphatic carbocycles. The standard InChI is InChI=1S/C24H40N2O7/c1-22(2,3)32-19(28)16(14-24(20(29)30)11-7-8-12-24)15-25-18(27)17-10-9-13-26(17)21(31)33-23(4,5)6/h16-17H,7-15H2,1-6H3,(H,25,27)(H,29,30)/t16-,17-/m0/s1. The molecule has 2 amide bonds. The van der Waals surface area contributed by atoms with Crippen LogP contribution in [0.5, 0.6) is 0 Å². The lowest BCUT2D eigenvalue weighted by atomic mass is 9.77. The number of nitrogens with zero attached hydrogens (tertiary/aromatic N) is 1. The Balaban J connectivity index is 2.10. The van der Waals surface area contributed by atoms with Crippen molar-refractivity contribution in [2.75, 3.05) is 13.1 Å². The number of esters is 1. The smallest absolute Gasteiger partial charge is 0.410 e. The van der Waals surface area contributed by atoms with Crippen LogP contribution in [0.4, 0.5) is 4.79 Å². The molecule has 1 saturated carbocycles. The normalized spacial score (nSPS) is 21.4. The van der Waals surface area contributed by atoms with Gasteiger partial charge in [-0.2, -0.15) is 0 Å². The number of likely N-dealkylation sites (tertiary alicyclic amines) is 1. The van der Waals surface area contributed by atoms with Crippen molar-refractivity contribution in [3.63, 3.8) is 0 Å². The summed E-state index contributed by atoms with van der Waals surface area (Å²) < 4.78 is 11.0. The van der Waals surface area contributed by atoms with Gasteiger partial charge in [0.25, 0.3) is 0 Å². The second-order valence-corrected chi connectivity index (χ2v) is 11.3. The molecule has 0 aromatic carbocycles. The van der Waals surface area contributed by atoms with E-state index in [0.717, 1.165) is 12.8 Å². The minimum absolute atomic E-state index is 0.0402. The Morgan fingerprint density at radius 2 is 1.58 bits per heavy atom. The summed E-state index contributed by atoms with van der Waals surface area (Å²) in [7, 11) is 0. The average molecular weight is 469 g/mol. The number of carbonyl (C=O) groups is 4. The maximum atomic E-state index is 13.0. The van der Waals surface area contributed by atoms with Crippen LogP contribution in [0.3, 0.4) is 0 Å². The molecule has 0 bridgehead atoms. The Labute approximate surface area is 196 Å². The van der Waals surface area contributed by atoms with E-state index >= 15 is 0 Å². The second-order valence-electron chi connectivity index (χ2n) is 11.3. The van der Waals surface area contributed by atoms with Crippen LogP contribution in [0.15, 0.2) is 0 Å². The van der Waals surface area contributed by atoms with Gasteiger partial charge in [0, 0.05) is 13.1 Å². The molecule has 2 aliphatic rings. The number of carboxylic acid groups (broad SMARTS) is 1. The molecule has 0 radical (unpaired) electrons. The van der Waals surface area contributed by atoms with Gasteiger partial charge < -0.3 is 19.9 Å². The van der Waals surface area contributed by atoms with Crippen LogP contribution in [-0.4, -0.2) is 64.3 Å². The summed E-state index contributed by atoms with van der Waals surface area (Å²) in [6.45, 7) is 10.9. The fourth-order valence-corrected chi connectivity index (χ4v) is 4.57. The first-order valence-electron chi connectivity index (χ1n) is 11.9. The van der Waals surface area contributed by atoms with Crippen molar-refractivity contribution in [2.45, 2.75) is 104 Å². The molecular formula is C24H40N2O7. The second kappa shape index (κ2) is 10.3. The number of aliphatic carboxylic acids is 1. The van der Waals surface area contributed by atoms with Gasteiger partial charge in [0.05, 0.1) is 11.3 Å². The molecule has 2 rings (SSSR count). The summed E-state index contributed by atoms with van der Waals surface area (Å²) in [6, 6.07) is -0.681. The summed E-state index contributed by atoms with van der Waals surface area (Å²) in [5, 5.41) is 12.7. The Morgan fingerprint density at radius 1 is 1.00 bits per heavy atom. The van der Waals surface area contributed by atoms with Crippen LogP contribution in [0.1, 0.15) is 86.5 Å². The third-order valence-electron chi connectivity index (χ3n) is 6.10. The molecule has 1 saturated heterocycles. The minimum atomic E-state index is -0.984. The number of carbonyl (C=O) groups excluding carboxylic acids is 3. The lowest BCUT2D eigenvalue weighted by Crippen LogP contribution is -2.49. The van der Waals surface area contributed by atoms with Gasteiger partial charge in [0.2, 0.25) is 5.91 Å². The highest BCUT2D eigenvalue weighted by atomic mass is 16.6. The largest absolute Gasteiger partial charge is 0.481 e. The fourth-order valence-electron chi connectivity index (χ4n) is 4.57. The first-order chi connectivity index (χ1) is 15.1. The Hall–Kier alpha value is -2.32.